The zero-order valence-electron chi connectivity index (χ0n) is 11.1. The highest BCUT2D eigenvalue weighted by Crippen LogP contribution is 2.16. The molecular weight excluding hydrogens is 248 g/mol. The molecule has 0 saturated heterocycles. The molecule has 9 nitrogen and oxygen atoms in total. The molecule has 19 heavy (non-hydrogen) atoms. The second-order valence-electron chi connectivity index (χ2n) is 3.75. The van der Waals surface area contributed by atoms with E-state index in [4.69, 9.17) is 10.5 Å². The molecule has 0 amide bonds. The predicted molar refractivity (Wildman–Crippen MR) is 68.9 cm³/mol. The molecule has 9 heteroatoms. The summed E-state index contributed by atoms with van der Waals surface area (Å²) in [5.74, 6) is 0.575. The van der Waals surface area contributed by atoms with Crippen LogP contribution in [0.3, 0.4) is 0 Å². The van der Waals surface area contributed by atoms with Crippen molar-refractivity contribution in [1.82, 2.24) is 29.7 Å². The topological polar surface area (TPSA) is 108 Å². The lowest BCUT2D eigenvalue weighted by molar-refractivity contribution is 0.404. The van der Waals surface area contributed by atoms with Gasteiger partial charge in [0.2, 0.25) is 11.9 Å². The van der Waals surface area contributed by atoms with E-state index in [-0.39, 0.29) is 18.0 Å². The fourth-order valence-corrected chi connectivity index (χ4v) is 1.50. The van der Waals surface area contributed by atoms with Crippen LogP contribution in [0.15, 0.2) is 6.33 Å². The fraction of sp³-hybridized carbons (Fsp3) is 0.500. The van der Waals surface area contributed by atoms with Crippen LogP contribution in [-0.4, -0.2) is 42.8 Å². The Morgan fingerprint density at radius 2 is 1.95 bits per heavy atom. The number of aromatic nitrogens is 6. The average molecular weight is 264 g/mol. The van der Waals surface area contributed by atoms with Crippen molar-refractivity contribution in [1.29, 1.82) is 0 Å². The molecule has 2 N–H and O–H groups in total. The van der Waals surface area contributed by atoms with Crippen LogP contribution in [0.5, 0.6) is 12.0 Å². The second-order valence-corrected chi connectivity index (χ2v) is 3.75. The van der Waals surface area contributed by atoms with Crippen LogP contribution in [0.25, 0.3) is 0 Å². The van der Waals surface area contributed by atoms with Gasteiger partial charge < -0.3 is 15.4 Å². The molecule has 0 aliphatic carbocycles. The molecule has 0 aliphatic heterocycles. The van der Waals surface area contributed by atoms with E-state index in [0.29, 0.717) is 5.95 Å². The van der Waals surface area contributed by atoms with Gasteiger partial charge in [0.15, 0.2) is 0 Å². The molecule has 0 saturated carbocycles. The Morgan fingerprint density at radius 1 is 1.21 bits per heavy atom. The summed E-state index contributed by atoms with van der Waals surface area (Å²) in [6, 6.07) is 0.249. The van der Waals surface area contributed by atoms with Crippen molar-refractivity contribution in [3.8, 4) is 12.0 Å². The Bertz CT molecular complexity index is 550. The van der Waals surface area contributed by atoms with E-state index in [2.05, 4.69) is 25.0 Å². The number of hydrogen-bond acceptors (Lipinski definition) is 8. The summed E-state index contributed by atoms with van der Waals surface area (Å²) in [6.07, 6.45) is 1.52. The molecule has 0 unspecified atom stereocenters. The van der Waals surface area contributed by atoms with Gasteiger partial charge in [-0.25, -0.2) is 0 Å². The van der Waals surface area contributed by atoms with Gasteiger partial charge in [-0.05, 0) is 13.8 Å². The lowest BCUT2D eigenvalue weighted by Crippen LogP contribution is -2.25. The molecule has 2 aromatic rings. The molecule has 0 fully saturated rings. The van der Waals surface area contributed by atoms with Crippen LogP contribution < -0.4 is 15.4 Å². The Balaban J connectivity index is 2.25. The van der Waals surface area contributed by atoms with Gasteiger partial charge in [-0.1, -0.05) is 0 Å². The fourth-order valence-electron chi connectivity index (χ4n) is 1.50. The Morgan fingerprint density at radius 3 is 2.53 bits per heavy atom. The zero-order valence-corrected chi connectivity index (χ0v) is 11.1. The van der Waals surface area contributed by atoms with Crippen molar-refractivity contribution >= 4 is 11.9 Å². The van der Waals surface area contributed by atoms with Crippen molar-refractivity contribution < 1.29 is 4.74 Å². The van der Waals surface area contributed by atoms with Crippen LogP contribution in [0, 0.1) is 0 Å². The molecule has 0 aromatic carbocycles. The average Bonchev–Trinajstić information content (AvgIpc) is 2.75. The molecule has 0 bridgehead atoms. The van der Waals surface area contributed by atoms with Crippen molar-refractivity contribution in [3.05, 3.63) is 6.33 Å². The first-order valence-corrected chi connectivity index (χ1v) is 5.92. The maximum atomic E-state index is 5.65. The summed E-state index contributed by atoms with van der Waals surface area (Å²) in [7, 11) is 1.74. The van der Waals surface area contributed by atoms with Gasteiger partial charge in [-0.3, -0.25) is 4.68 Å². The van der Waals surface area contributed by atoms with Crippen molar-refractivity contribution in [2.75, 3.05) is 23.7 Å². The number of nitrogen functional groups attached to an aromatic ring is 1. The lowest BCUT2D eigenvalue weighted by Gasteiger charge is -2.18. The Labute approximate surface area is 110 Å². The molecule has 2 heterocycles. The standard InChI is InChI=1S/C10H16N8O/c1-4-18(5-2)8-13-7(11)14-10(15-8)19-9-12-6-17(3)16-9/h6H,4-5H2,1-3H3,(H2,11,13,14,15). The third kappa shape index (κ3) is 3.06. The minimum Gasteiger partial charge on any atom is -0.387 e. The van der Waals surface area contributed by atoms with Crippen LogP contribution in [0.4, 0.5) is 11.9 Å². The predicted octanol–water partition coefficient (Wildman–Crippen LogP) is 0.221. The van der Waals surface area contributed by atoms with E-state index in [9.17, 15) is 0 Å². The molecule has 2 aromatic heterocycles. The molecule has 0 radical (unpaired) electrons. The van der Waals surface area contributed by atoms with Gasteiger partial charge in [0, 0.05) is 20.1 Å². The lowest BCUT2D eigenvalue weighted by atomic mass is 10.5. The number of nitrogens with zero attached hydrogens (tertiary/aromatic N) is 7. The van der Waals surface area contributed by atoms with Crippen molar-refractivity contribution in [3.63, 3.8) is 0 Å². The first-order valence-electron chi connectivity index (χ1n) is 5.92. The summed E-state index contributed by atoms with van der Waals surface area (Å²) < 4.78 is 6.87. The molecule has 102 valence electrons. The summed E-state index contributed by atoms with van der Waals surface area (Å²) in [6.45, 7) is 5.54. The number of aryl methyl sites for hydroxylation is 1. The first kappa shape index (κ1) is 13.0. The van der Waals surface area contributed by atoms with Crippen LogP contribution in [0.2, 0.25) is 0 Å². The van der Waals surface area contributed by atoms with E-state index >= 15 is 0 Å². The Kier molecular flexibility index (Phi) is 3.74. The first-order chi connectivity index (χ1) is 9.12. The van der Waals surface area contributed by atoms with E-state index in [1.54, 1.807) is 7.05 Å². The Hall–Kier alpha value is -2.45. The molecular formula is C10H16N8O. The number of nitrogens with two attached hydrogens (primary N) is 1. The van der Waals surface area contributed by atoms with Gasteiger partial charge in [0.25, 0.3) is 0 Å². The van der Waals surface area contributed by atoms with Crippen molar-refractivity contribution in [2.24, 2.45) is 7.05 Å². The third-order valence-electron chi connectivity index (χ3n) is 2.43. The number of anilines is 2. The SMILES string of the molecule is CCN(CC)c1nc(N)nc(Oc2ncn(C)n2)n1. The normalized spacial score (nSPS) is 10.5. The molecule has 0 aliphatic rings. The van der Waals surface area contributed by atoms with E-state index < -0.39 is 0 Å². The minimum absolute atomic E-state index is 0.0839. The highest BCUT2D eigenvalue weighted by atomic mass is 16.5. The third-order valence-corrected chi connectivity index (χ3v) is 2.43. The maximum absolute atomic E-state index is 5.65. The van der Waals surface area contributed by atoms with Crippen LogP contribution in [0.1, 0.15) is 13.8 Å². The van der Waals surface area contributed by atoms with Crippen LogP contribution in [-0.2, 0) is 7.05 Å². The quantitative estimate of drug-likeness (QED) is 0.817. The minimum atomic E-state index is 0.0839. The smallest absolute Gasteiger partial charge is 0.343 e. The van der Waals surface area contributed by atoms with Crippen molar-refractivity contribution in [2.45, 2.75) is 13.8 Å². The summed E-state index contributed by atoms with van der Waals surface area (Å²) in [4.78, 5) is 18.0. The number of hydrogen-bond donors (Lipinski definition) is 1. The van der Waals surface area contributed by atoms with E-state index in [1.165, 1.54) is 11.0 Å². The summed E-state index contributed by atoms with van der Waals surface area (Å²) in [5.41, 5.74) is 5.65. The number of rotatable bonds is 5. The van der Waals surface area contributed by atoms with Crippen LogP contribution >= 0.6 is 0 Å². The maximum Gasteiger partial charge on any atom is 0.343 e. The molecule has 0 atom stereocenters. The summed E-state index contributed by atoms with van der Waals surface area (Å²) >= 11 is 0. The van der Waals surface area contributed by atoms with Gasteiger partial charge in [-0.15, -0.1) is 5.10 Å². The van der Waals surface area contributed by atoms with E-state index in [1.807, 2.05) is 18.7 Å². The highest BCUT2D eigenvalue weighted by Gasteiger charge is 2.12. The van der Waals surface area contributed by atoms with Gasteiger partial charge >= 0.3 is 12.0 Å². The molecule has 2 rings (SSSR count). The van der Waals surface area contributed by atoms with E-state index in [0.717, 1.165) is 13.1 Å². The highest BCUT2D eigenvalue weighted by molar-refractivity contribution is 5.35. The second kappa shape index (κ2) is 5.46. The van der Waals surface area contributed by atoms with Gasteiger partial charge in [0.05, 0.1) is 0 Å². The van der Waals surface area contributed by atoms with Gasteiger partial charge in [0.1, 0.15) is 6.33 Å². The van der Waals surface area contributed by atoms with Gasteiger partial charge in [-0.2, -0.15) is 19.9 Å². The largest absolute Gasteiger partial charge is 0.387 e. The monoisotopic (exact) mass is 264 g/mol. The number of ether oxygens (including phenoxy) is 1. The summed E-state index contributed by atoms with van der Waals surface area (Å²) in [5, 5.41) is 3.98. The zero-order chi connectivity index (χ0) is 13.8. The molecule has 0 spiro atoms.